The van der Waals surface area contributed by atoms with Crippen LogP contribution in [0.5, 0.6) is 0 Å². The van der Waals surface area contributed by atoms with Gasteiger partial charge in [0.1, 0.15) is 17.9 Å². The molecular formula is C15H16IN3. The fourth-order valence-electron chi connectivity index (χ4n) is 3.82. The standard InChI is InChI=1S/C15H15N3.HI/c1-2-7-12-11(6-1)13-14(16-13)15-17-8-4-3-5-10(17)9-18(12)15;/h1-2,4,6-9,13-16H,3,5H2;1H. The zero-order valence-electron chi connectivity index (χ0n) is 10.5. The first-order valence-electron chi connectivity index (χ1n) is 6.81. The van der Waals surface area contributed by atoms with E-state index < -0.39 is 0 Å². The fraction of sp³-hybridized carbons (Fsp3) is 0.333. The van der Waals surface area contributed by atoms with Gasteiger partial charge in [-0.1, -0.05) is 24.3 Å². The molecule has 0 aliphatic carbocycles. The van der Waals surface area contributed by atoms with E-state index in [1.807, 2.05) is 0 Å². The highest BCUT2D eigenvalue weighted by atomic mass is 127. The molecule has 2 N–H and O–H groups in total. The van der Waals surface area contributed by atoms with Crippen LogP contribution in [0.1, 0.15) is 24.4 Å². The van der Waals surface area contributed by atoms with Crippen molar-refractivity contribution >= 4 is 5.69 Å². The Morgan fingerprint density at radius 1 is 1.26 bits per heavy atom. The van der Waals surface area contributed by atoms with Crippen molar-refractivity contribution in [2.75, 3.05) is 0 Å². The van der Waals surface area contributed by atoms with Gasteiger partial charge in [0.25, 0.3) is 0 Å². The van der Waals surface area contributed by atoms with Crippen molar-refractivity contribution in [3.8, 4) is 0 Å². The largest absolute Gasteiger partial charge is 1.00 e. The summed E-state index contributed by atoms with van der Waals surface area (Å²) in [6.07, 6.45) is 9.94. The summed E-state index contributed by atoms with van der Waals surface area (Å²) in [7, 11) is 0. The summed E-state index contributed by atoms with van der Waals surface area (Å²) < 4.78 is 0. The van der Waals surface area contributed by atoms with E-state index in [-0.39, 0.29) is 24.0 Å². The number of quaternary nitrogens is 1. The summed E-state index contributed by atoms with van der Waals surface area (Å²) in [5.41, 5.74) is 4.46. The van der Waals surface area contributed by atoms with E-state index in [1.165, 1.54) is 34.7 Å². The number of hydrogen-bond donors (Lipinski definition) is 2. The van der Waals surface area contributed by atoms with Gasteiger partial charge in [0.2, 0.25) is 0 Å². The van der Waals surface area contributed by atoms with Gasteiger partial charge in [-0.25, -0.2) is 0 Å². The quantitative estimate of drug-likeness (QED) is 0.413. The lowest BCUT2D eigenvalue weighted by molar-refractivity contribution is -0.811. The van der Waals surface area contributed by atoms with Crippen LogP contribution in [0.4, 0.5) is 5.69 Å². The number of hydrogen-bond acceptors (Lipinski definition) is 2. The third kappa shape index (κ3) is 1.50. The first-order valence-corrected chi connectivity index (χ1v) is 6.81. The van der Waals surface area contributed by atoms with Gasteiger partial charge >= 0.3 is 0 Å². The molecule has 1 saturated heterocycles. The minimum Gasteiger partial charge on any atom is -1.00 e. The Morgan fingerprint density at radius 3 is 3.11 bits per heavy atom. The van der Waals surface area contributed by atoms with E-state index in [4.69, 9.17) is 0 Å². The molecule has 0 bridgehead atoms. The number of nitrogens with one attached hydrogen (secondary N) is 2. The van der Waals surface area contributed by atoms with Gasteiger partial charge in [0.05, 0.1) is 11.7 Å². The van der Waals surface area contributed by atoms with Crippen LogP contribution in [-0.4, -0.2) is 17.1 Å². The lowest BCUT2D eigenvalue weighted by Gasteiger charge is -2.31. The summed E-state index contributed by atoms with van der Waals surface area (Å²) in [6, 6.07) is 10.1. The lowest BCUT2D eigenvalue weighted by Crippen LogP contribution is -3.08. The molecule has 4 aliphatic heterocycles. The number of para-hydroxylation sites is 1. The third-order valence-electron chi connectivity index (χ3n) is 4.67. The second-order valence-electron chi connectivity index (χ2n) is 5.62. The molecule has 1 aromatic rings. The Bertz CT molecular complexity index is 595. The smallest absolute Gasteiger partial charge is 0.193 e. The van der Waals surface area contributed by atoms with Gasteiger partial charge in [0, 0.05) is 11.8 Å². The Labute approximate surface area is 130 Å². The maximum absolute atomic E-state index is 3.66. The molecule has 5 rings (SSSR count). The number of benzene rings is 1. The highest BCUT2D eigenvalue weighted by Crippen LogP contribution is 2.42. The van der Waals surface area contributed by atoms with Gasteiger partial charge in [-0.3, -0.25) is 15.1 Å². The summed E-state index contributed by atoms with van der Waals surface area (Å²) >= 11 is 0. The average Bonchev–Trinajstić information content (AvgIpc) is 3.13. The average molecular weight is 365 g/mol. The van der Waals surface area contributed by atoms with E-state index in [1.54, 1.807) is 0 Å². The first-order chi connectivity index (χ1) is 8.93. The minimum absolute atomic E-state index is 0. The molecule has 0 aromatic heterocycles. The van der Waals surface area contributed by atoms with Gasteiger partial charge in [-0.05, 0) is 18.9 Å². The van der Waals surface area contributed by atoms with Crippen LogP contribution in [0.25, 0.3) is 0 Å². The Hall–Kier alpha value is -0.850. The molecule has 4 atom stereocenters. The SMILES string of the molecule is C1=CN2C(=C[NH+]3c4ccccc4C4NC4C23)CC1.[I-]. The number of nitrogens with zero attached hydrogens (tertiary/aromatic N) is 1. The van der Waals surface area contributed by atoms with Crippen LogP contribution in [0.15, 0.2) is 48.4 Å². The lowest BCUT2D eigenvalue weighted by atomic mass is 10.00. The van der Waals surface area contributed by atoms with Crippen molar-refractivity contribution < 1.29 is 28.9 Å². The topological polar surface area (TPSA) is 29.6 Å². The van der Waals surface area contributed by atoms with Crippen molar-refractivity contribution in [3.63, 3.8) is 0 Å². The molecule has 0 saturated carbocycles. The zero-order valence-corrected chi connectivity index (χ0v) is 12.7. The van der Waals surface area contributed by atoms with Gasteiger partial charge < -0.3 is 24.0 Å². The summed E-state index contributed by atoms with van der Waals surface area (Å²) in [4.78, 5) is 4.02. The summed E-state index contributed by atoms with van der Waals surface area (Å²) in [5.74, 6) is 0. The molecule has 0 spiro atoms. The van der Waals surface area contributed by atoms with E-state index in [2.05, 4.69) is 53.0 Å². The van der Waals surface area contributed by atoms with Crippen LogP contribution in [0, 0.1) is 0 Å². The second-order valence-corrected chi connectivity index (χ2v) is 5.62. The zero-order chi connectivity index (χ0) is 11.7. The number of halogens is 1. The van der Waals surface area contributed by atoms with Crippen molar-refractivity contribution in [2.24, 2.45) is 0 Å². The third-order valence-corrected chi connectivity index (χ3v) is 4.67. The van der Waals surface area contributed by atoms with Crippen LogP contribution >= 0.6 is 0 Å². The number of allylic oxidation sites excluding steroid dienone is 2. The molecule has 19 heavy (non-hydrogen) atoms. The van der Waals surface area contributed by atoms with Crippen LogP contribution in [0.2, 0.25) is 0 Å². The van der Waals surface area contributed by atoms with Crippen molar-refractivity contribution in [1.82, 2.24) is 10.2 Å². The molecule has 98 valence electrons. The van der Waals surface area contributed by atoms with Gasteiger partial charge in [-0.2, -0.15) is 0 Å². The molecule has 0 amide bonds. The number of fused-ring (bicyclic) bond motifs is 8. The van der Waals surface area contributed by atoms with Crippen LogP contribution < -0.4 is 34.2 Å². The highest BCUT2D eigenvalue weighted by molar-refractivity contribution is 5.49. The predicted molar refractivity (Wildman–Crippen MR) is 68.8 cm³/mol. The Kier molecular flexibility index (Phi) is 2.56. The van der Waals surface area contributed by atoms with Gasteiger partial charge in [0.15, 0.2) is 6.17 Å². The molecule has 1 aromatic carbocycles. The minimum atomic E-state index is 0. The van der Waals surface area contributed by atoms with Crippen LogP contribution in [0.3, 0.4) is 0 Å². The molecular weight excluding hydrogens is 349 g/mol. The normalized spacial score (nSPS) is 36.4. The van der Waals surface area contributed by atoms with Gasteiger partial charge in [-0.15, -0.1) is 0 Å². The molecule has 0 radical (unpaired) electrons. The molecule has 1 fully saturated rings. The second kappa shape index (κ2) is 4.07. The molecule has 4 aliphatic rings. The first kappa shape index (κ1) is 11.9. The molecule has 4 heterocycles. The fourth-order valence-corrected chi connectivity index (χ4v) is 3.82. The Balaban J connectivity index is 0.000000968. The Morgan fingerprint density at radius 2 is 2.16 bits per heavy atom. The monoisotopic (exact) mass is 365 g/mol. The van der Waals surface area contributed by atoms with Crippen LogP contribution in [-0.2, 0) is 0 Å². The molecule has 4 unspecified atom stereocenters. The van der Waals surface area contributed by atoms with Crippen molar-refractivity contribution in [3.05, 3.63) is 54.0 Å². The maximum atomic E-state index is 3.66. The van der Waals surface area contributed by atoms with E-state index in [9.17, 15) is 0 Å². The molecule has 3 nitrogen and oxygen atoms in total. The van der Waals surface area contributed by atoms with E-state index in [0.717, 1.165) is 0 Å². The predicted octanol–water partition coefficient (Wildman–Crippen LogP) is -1.98. The summed E-state index contributed by atoms with van der Waals surface area (Å²) in [5, 5.41) is 3.66. The van der Waals surface area contributed by atoms with E-state index in [0.29, 0.717) is 18.2 Å². The van der Waals surface area contributed by atoms with Crippen molar-refractivity contribution in [1.29, 1.82) is 0 Å². The summed E-state index contributed by atoms with van der Waals surface area (Å²) in [6.45, 7) is 0. The van der Waals surface area contributed by atoms with E-state index >= 15 is 0 Å². The highest BCUT2D eigenvalue weighted by Gasteiger charge is 2.59. The molecule has 4 heteroatoms. The van der Waals surface area contributed by atoms with Crippen molar-refractivity contribution in [2.45, 2.75) is 31.1 Å². The number of rotatable bonds is 0. The maximum Gasteiger partial charge on any atom is 0.193 e.